The molecule has 0 saturated heterocycles. The van der Waals surface area contributed by atoms with Crippen LogP contribution >= 0.6 is 0 Å². The SMILES string of the molecule is CCC(CC)C(=O)OCC(CC)(CC)C(O)C(CC)CC. The molecule has 3 heteroatoms. The average Bonchev–Trinajstić information content (AvgIpc) is 2.51. The molecule has 0 bridgehead atoms. The smallest absolute Gasteiger partial charge is 0.308 e. The van der Waals surface area contributed by atoms with Crippen LogP contribution in [0.15, 0.2) is 0 Å². The molecule has 0 saturated carbocycles. The van der Waals surface area contributed by atoms with Crippen molar-refractivity contribution >= 4 is 5.97 Å². The molecule has 3 nitrogen and oxygen atoms in total. The molecule has 0 radical (unpaired) electrons. The summed E-state index contributed by atoms with van der Waals surface area (Å²) in [6.45, 7) is 12.8. The van der Waals surface area contributed by atoms with Crippen molar-refractivity contribution in [3.63, 3.8) is 0 Å². The number of esters is 1. The van der Waals surface area contributed by atoms with E-state index in [1.807, 2.05) is 13.8 Å². The number of hydrogen-bond donors (Lipinski definition) is 1. The fourth-order valence-electron chi connectivity index (χ4n) is 3.15. The van der Waals surface area contributed by atoms with Crippen molar-refractivity contribution in [1.82, 2.24) is 0 Å². The lowest BCUT2D eigenvalue weighted by Crippen LogP contribution is -2.44. The Bertz CT molecular complexity index is 276. The Morgan fingerprint density at radius 3 is 1.76 bits per heavy atom. The highest BCUT2D eigenvalue weighted by molar-refractivity contribution is 5.72. The van der Waals surface area contributed by atoms with E-state index in [9.17, 15) is 9.90 Å². The zero-order valence-corrected chi connectivity index (χ0v) is 14.9. The van der Waals surface area contributed by atoms with Gasteiger partial charge in [0.05, 0.1) is 18.6 Å². The molecule has 0 aliphatic rings. The van der Waals surface area contributed by atoms with Crippen molar-refractivity contribution in [3.8, 4) is 0 Å². The highest BCUT2D eigenvalue weighted by atomic mass is 16.5. The number of carbonyl (C=O) groups excluding carboxylic acids is 1. The molecule has 1 atom stereocenters. The van der Waals surface area contributed by atoms with E-state index in [0.29, 0.717) is 6.61 Å². The van der Waals surface area contributed by atoms with Crippen LogP contribution in [0.3, 0.4) is 0 Å². The van der Waals surface area contributed by atoms with Crippen LogP contribution in [0, 0.1) is 17.3 Å². The van der Waals surface area contributed by atoms with Crippen molar-refractivity contribution in [2.75, 3.05) is 6.61 Å². The van der Waals surface area contributed by atoms with Gasteiger partial charge in [-0.05, 0) is 31.6 Å². The molecule has 0 aromatic heterocycles. The van der Waals surface area contributed by atoms with E-state index in [-0.39, 0.29) is 23.2 Å². The third-order valence-electron chi connectivity index (χ3n) is 5.35. The van der Waals surface area contributed by atoms with Gasteiger partial charge in [-0.15, -0.1) is 0 Å². The molecule has 126 valence electrons. The lowest BCUT2D eigenvalue weighted by Gasteiger charge is -2.40. The summed E-state index contributed by atoms with van der Waals surface area (Å²) in [6, 6.07) is 0. The van der Waals surface area contributed by atoms with Crippen LogP contribution in [0.1, 0.15) is 80.1 Å². The molecule has 0 spiro atoms. The quantitative estimate of drug-likeness (QED) is 0.569. The summed E-state index contributed by atoms with van der Waals surface area (Å²) in [7, 11) is 0. The number of ether oxygens (including phenoxy) is 1. The third kappa shape index (κ3) is 5.28. The van der Waals surface area contributed by atoms with Gasteiger partial charge < -0.3 is 9.84 Å². The molecule has 0 aliphatic heterocycles. The summed E-state index contributed by atoms with van der Waals surface area (Å²) in [4.78, 5) is 12.1. The van der Waals surface area contributed by atoms with Gasteiger partial charge in [-0.3, -0.25) is 4.79 Å². The largest absolute Gasteiger partial charge is 0.465 e. The summed E-state index contributed by atoms with van der Waals surface area (Å²) in [5.41, 5.74) is -0.307. The molecule has 0 amide bonds. The highest BCUT2D eigenvalue weighted by Gasteiger charge is 2.39. The van der Waals surface area contributed by atoms with Crippen LogP contribution in [0.2, 0.25) is 0 Å². The van der Waals surface area contributed by atoms with Crippen LogP contribution in [0.25, 0.3) is 0 Å². The minimum atomic E-state index is -0.406. The molecular weight excluding hydrogens is 264 g/mol. The predicted molar refractivity (Wildman–Crippen MR) is 88.1 cm³/mol. The molecule has 1 unspecified atom stereocenters. The first-order chi connectivity index (χ1) is 9.95. The highest BCUT2D eigenvalue weighted by Crippen LogP contribution is 2.37. The molecule has 0 fully saturated rings. The third-order valence-corrected chi connectivity index (χ3v) is 5.35. The second-order valence-corrected chi connectivity index (χ2v) is 6.21. The molecule has 1 N–H and O–H groups in total. The number of aliphatic hydroxyl groups excluding tert-OH is 1. The lowest BCUT2D eigenvalue weighted by molar-refractivity contribution is -0.158. The summed E-state index contributed by atoms with van der Waals surface area (Å²) < 4.78 is 5.59. The molecule has 0 aromatic carbocycles. The summed E-state index contributed by atoms with van der Waals surface area (Å²) >= 11 is 0. The maximum atomic E-state index is 12.1. The van der Waals surface area contributed by atoms with E-state index in [1.165, 1.54) is 0 Å². The predicted octanol–water partition coefficient (Wildman–Crippen LogP) is 4.57. The normalized spacial score (nSPS) is 13.8. The van der Waals surface area contributed by atoms with Gasteiger partial charge in [0, 0.05) is 5.41 Å². The Hall–Kier alpha value is -0.570. The van der Waals surface area contributed by atoms with Gasteiger partial charge >= 0.3 is 5.97 Å². The Kier molecular flexibility index (Phi) is 9.93. The zero-order chi connectivity index (χ0) is 16.5. The number of carbonyl (C=O) groups is 1. The summed E-state index contributed by atoms with van der Waals surface area (Å²) in [6.07, 6.45) is 4.80. The van der Waals surface area contributed by atoms with Crippen molar-refractivity contribution in [3.05, 3.63) is 0 Å². The average molecular weight is 300 g/mol. The van der Waals surface area contributed by atoms with Crippen LogP contribution in [-0.2, 0) is 9.53 Å². The van der Waals surface area contributed by atoms with Crippen LogP contribution in [0.4, 0.5) is 0 Å². The van der Waals surface area contributed by atoms with Gasteiger partial charge in [0.25, 0.3) is 0 Å². The first-order valence-electron chi connectivity index (χ1n) is 8.80. The van der Waals surface area contributed by atoms with Gasteiger partial charge in [0.15, 0.2) is 0 Å². The molecule has 0 aliphatic carbocycles. The van der Waals surface area contributed by atoms with Gasteiger partial charge in [0.1, 0.15) is 0 Å². The van der Waals surface area contributed by atoms with E-state index in [1.54, 1.807) is 0 Å². The Labute approximate surface area is 131 Å². The van der Waals surface area contributed by atoms with Crippen LogP contribution in [-0.4, -0.2) is 23.8 Å². The van der Waals surface area contributed by atoms with E-state index < -0.39 is 6.10 Å². The summed E-state index contributed by atoms with van der Waals surface area (Å²) in [5.74, 6) is 0.154. The van der Waals surface area contributed by atoms with Crippen LogP contribution in [0.5, 0.6) is 0 Å². The number of rotatable bonds is 11. The summed E-state index contributed by atoms with van der Waals surface area (Å²) in [5, 5.41) is 10.8. The van der Waals surface area contributed by atoms with Crippen LogP contribution < -0.4 is 0 Å². The lowest BCUT2D eigenvalue weighted by atomic mass is 9.71. The van der Waals surface area contributed by atoms with Gasteiger partial charge in [-0.1, -0.05) is 54.4 Å². The van der Waals surface area contributed by atoms with Crippen molar-refractivity contribution in [2.24, 2.45) is 17.3 Å². The second-order valence-electron chi connectivity index (χ2n) is 6.21. The van der Waals surface area contributed by atoms with Gasteiger partial charge in [0.2, 0.25) is 0 Å². The Morgan fingerprint density at radius 2 is 1.43 bits per heavy atom. The minimum absolute atomic E-state index is 0.0123. The molecule has 0 rings (SSSR count). The van der Waals surface area contributed by atoms with E-state index >= 15 is 0 Å². The molecular formula is C18H36O3. The zero-order valence-electron chi connectivity index (χ0n) is 14.9. The minimum Gasteiger partial charge on any atom is -0.465 e. The number of aliphatic hydroxyl groups is 1. The van der Waals surface area contributed by atoms with Crippen molar-refractivity contribution in [2.45, 2.75) is 86.2 Å². The molecule has 0 heterocycles. The molecule has 0 aromatic rings. The first-order valence-corrected chi connectivity index (χ1v) is 8.80. The topological polar surface area (TPSA) is 46.5 Å². The molecule has 21 heavy (non-hydrogen) atoms. The Balaban J connectivity index is 4.92. The standard InChI is InChI=1S/C18H36O3/c1-7-14(8-2)16(19)18(11-5,12-6)13-21-17(20)15(9-3)10-4/h14-16,19H,7-13H2,1-6H3. The van der Waals surface area contributed by atoms with Gasteiger partial charge in [-0.2, -0.15) is 0 Å². The maximum absolute atomic E-state index is 12.1. The first kappa shape index (κ1) is 20.4. The van der Waals surface area contributed by atoms with Crippen molar-refractivity contribution < 1.29 is 14.6 Å². The van der Waals surface area contributed by atoms with E-state index in [0.717, 1.165) is 38.5 Å². The van der Waals surface area contributed by atoms with E-state index in [4.69, 9.17) is 4.74 Å². The monoisotopic (exact) mass is 300 g/mol. The number of hydrogen-bond acceptors (Lipinski definition) is 3. The van der Waals surface area contributed by atoms with Crippen molar-refractivity contribution in [1.29, 1.82) is 0 Å². The van der Waals surface area contributed by atoms with Gasteiger partial charge in [-0.25, -0.2) is 0 Å². The second kappa shape index (κ2) is 10.2. The fourth-order valence-corrected chi connectivity index (χ4v) is 3.15. The fraction of sp³-hybridized carbons (Fsp3) is 0.944. The Morgan fingerprint density at radius 1 is 0.952 bits per heavy atom. The van der Waals surface area contributed by atoms with E-state index in [2.05, 4.69) is 27.7 Å². The maximum Gasteiger partial charge on any atom is 0.308 e.